The van der Waals surface area contributed by atoms with Gasteiger partial charge in [-0.2, -0.15) is 4.31 Å². The summed E-state index contributed by atoms with van der Waals surface area (Å²) in [6.07, 6.45) is -0.717. The van der Waals surface area contributed by atoms with Gasteiger partial charge in [-0.15, -0.1) is 0 Å². The largest absolute Gasteiger partial charge is 0.392 e. The molecule has 3 rings (SSSR count). The third-order valence-electron chi connectivity index (χ3n) is 4.03. The maximum Gasteiger partial charge on any atom is 0.244 e. The molecule has 1 aliphatic rings. The summed E-state index contributed by atoms with van der Waals surface area (Å²) in [5.74, 6) is 0. The molecular formula is C17H19NO3S. The molecule has 0 spiro atoms. The minimum atomic E-state index is -3.60. The smallest absolute Gasteiger partial charge is 0.244 e. The zero-order valence-corrected chi connectivity index (χ0v) is 13.4. The van der Waals surface area contributed by atoms with Crippen LogP contribution in [0.1, 0.15) is 24.1 Å². The lowest BCUT2D eigenvalue weighted by molar-refractivity contribution is 0.183. The van der Waals surface area contributed by atoms with Crippen molar-refractivity contribution >= 4 is 10.0 Å². The van der Waals surface area contributed by atoms with E-state index in [-0.39, 0.29) is 10.9 Å². The highest BCUT2D eigenvalue weighted by molar-refractivity contribution is 7.89. The van der Waals surface area contributed by atoms with Gasteiger partial charge in [0.1, 0.15) is 0 Å². The lowest BCUT2D eigenvalue weighted by Gasteiger charge is -2.08. The first-order valence-electron chi connectivity index (χ1n) is 7.26. The van der Waals surface area contributed by atoms with Crippen molar-refractivity contribution in [3.8, 4) is 0 Å². The topological polar surface area (TPSA) is 57.4 Å². The predicted molar refractivity (Wildman–Crippen MR) is 84.9 cm³/mol. The normalized spacial score (nSPS) is 25.7. The van der Waals surface area contributed by atoms with Gasteiger partial charge in [0.15, 0.2) is 0 Å². The van der Waals surface area contributed by atoms with E-state index in [9.17, 15) is 13.5 Å². The van der Waals surface area contributed by atoms with Crippen LogP contribution in [-0.2, 0) is 10.0 Å². The van der Waals surface area contributed by atoms with Crippen LogP contribution in [0.3, 0.4) is 0 Å². The fourth-order valence-electron chi connectivity index (χ4n) is 2.84. The van der Waals surface area contributed by atoms with E-state index in [0.717, 1.165) is 11.1 Å². The highest BCUT2D eigenvalue weighted by Crippen LogP contribution is 2.49. The average molecular weight is 317 g/mol. The minimum Gasteiger partial charge on any atom is -0.392 e. The molecule has 1 heterocycles. The highest BCUT2D eigenvalue weighted by atomic mass is 32.2. The first-order valence-corrected chi connectivity index (χ1v) is 8.70. The number of aliphatic hydroxyl groups is 1. The Kier molecular flexibility index (Phi) is 3.80. The van der Waals surface area contributed by atoms with E-state index < -0.39 is 22.2 Å². The first-order chi connectivity index (χ1) is 10.4. The highest BCUT2D eigenvalue weighted by Gasteiger charge is 2.58. The van der Waals surface area contributed by atoms with Crippen molar-refractivity contribution in [2.75, 3.05) is 0 Å². The van der Waals surface area contributed by atoms with Crippen LogP contribution in [0.2, 0.25) is 0 Å². The third-order valence-corrected chi connectivity index (χ3v) is 5.93. The number of benzene rings is 2. The summed E-state index contributed by atoms with van der Waals surface area (Å²) >= 11 is 0. The fourth-order valence-corrected chi connectivity index (χ4v) is 4.67. The summed E-state index contributed by atoms with van der Waals surface area (Å²) in [5.41, 5.74) is 1.92. The Hall–Kier alpha value is -1.69. The molecule has 4 atom stereocenters. The standard InChI is InChI=1S/C17H19NO3S/c1-12-8-10-15(11-9-12)22(20,21)18-16(13(2)19)17(18)14-6-4-3-5-7-14/h3-11,13,16-17,19H,1-2H3. The summed E-state index contributed by atoms with van der Waals surface area (Å²) < 4.78 is 27.0. The van der Waals surface area contributed by atoms with E-state index in [1.807, 2.05) is 37.3 Å². The van der Waals surface area contributed by atoms with Crippen molar-refractivity contribution in [3.05, 3.63) is 65.7 Å². The van der Waals surface area contributed by atoms with Gasteiger partial charge in [-0.1, -0.05) is 48.0 Å². The molecule has 1 fully saturated rings. The van der Waals surface area contributed by atoms with Crippen molar-refractivity contribution in [2.24, 2.45) is 0 Å². The summed E-state index contributed by atoms with van der Waals surface area (Å²) in [6, 6.07) is 15.5. The van der Waals surface area contributed by atoms with Crippen LogP contribution < -0.4 is 0 Å². The lowest BCUT2D eigenvalue weighted by atomic mass is 10.1. The SMILES string of the molecule is Cc1ccc(S(=O)(=O)N2C(c3ccccc3)C2C(C)O)cc1. The summed E-state index contributed by atoms with van der Waals surface area (Å²) in [5, 5.41) is 9.94. The molecule has 22 heavy (non-hydrogen) atoms. The Bertz CT molecular complexity index is 754. The molecule has 1 saturated heterocycles. The van der Waals surface area contributed by atoms with Crippen LogP contribution in [0.25, 0.3) is 0 Å². The second-order valence-electron chi connectivity index (χ2n) is 5.73. The van der Waals surface area contributed by atoms with E-state index in [1.165, 1.54) is 4.31 Å². The van der Waals surface area contributed by atoms with Crippen LogP contribution in [0, 0.1) is 6.92 Å². The van der Waals surface area contributed by atoms with Gasteiger partial charge >= 0.3 is 0 Å². The quantitative estimate of drug-likeness (QED) is 0.882. The molecule has 0 amide bonds. The molecule has 4 unspecified atom stereocenters. The van der Waals surface area contributed by atoms with Gasteiger partial charge in [0.25, 0.3) is 0 Å². The number of rotatable bonds is 4. The monoisotopic (exact) mass is 317 g/mol. The predicted octanol–water partition coefficient (Wildman–Crippen LogP) is 2.49. The Morgan fingerprint density at radius 1 is 1.05 bits per heavy atom. The van der Waals surface area contributed by atoms with Crippen molar-refractivity contribution in [1.29, 1.82) is 0 Å². The molecule has 2 aromatic carbocycles. The van der Waals surface area contributed by atoms with Crippen molar-refractivity contribution in [3.63, 3.8) is 0 Å². The van der Waals surface area contributed by atoms with Crippen LogP contribution in [-0.4, -0.2) is 30.0 Å². The molecule has 0 aromatic heterocycles. The second-order valence-corrected chi connectivity index (χ2v) is 7.58. The molecule has 0 radical (unpaired) electrons. The Balaban J connectivity index is 1.97. The molecule has 5 heteroatoms. The van der Waals surface area contributed by atoms with E-state index in [1.54, 1.807) is 31.2 Å². The molecule has 0 aliphatic carbocycles. The summed E-state index contributed by atoms with van der Waals surface area (Å²) in [7, 11) is -3.60. The minimum absolute atomic E-state index is 0.266. The Labute approximate surface area is 131 Å². The van der Waals surface area contributed by atoms with Gasteiger partial charge in [0.05, 0.1) is 23.1 Å². The fraction of sp³-hybridized carbons (Fsp3) is 0.294. The molecule has 1 N–H and O–H groups in total. The number of sulfonamides is 1. The summed E-state index contributed by atoms with van der Waals surface area (Å²) in [6.45, 7) is 3.55. The number of nitrogens with zero attached hydrogens (tertiary/aromatic N) is 1. The van der Waals surface area contributed by atoms with Gasteiger partial charge in [-0.25, -0.2) is 8.42 Å². The Morgan fingerprint density at radius 2 is 1.64 bits per heavy atom. The van der Waals surface area contributed by atoms with Crippen molar-refractivity contribution < 1.29 is 13.5 Å². The van der Waals surface area contributed by atoms with Gasteiger partial charge in [0.2, 0.25) is 10.0 Å². The first kappa shape index (κ1) is 15.2. The maximum absolute atomic E-state index is 12.8. The van der Waals surface area contributed by atoms with Crippen molar-refractivity contribution in [1.82, 2.24) is 4.31 Å². The molecule has 2 aromatic rings. The maximum atomic E-state index is 12.8. The molecule has 116 valence electrons. The van der Waals surface area contributed by atoms with E-state index >= 15 is 0 Å². The van der Waals surface area contributed by atoms with Crippen LogP contribution in [0.15, 0.2) is 59.5 Å². The van der Waals surface area contributed by atoms with E-state index in [2.05, 4.69) is 0 Å². The molecule has 0 bridgehead atoms. The zero-order valence-electron chi connectivity index (χ0n) is 12.5. The van der Waals surface area contributed by atoms with Gasteiger partial charge in [0, 0.05) is 0 Å². The summed E-state index contributed by atoms with van der Waals surface area (Å²) in [4.78, 5) is 0.266. The Morgan fingerprint density at radius 3 is 2.18 bits per heavy atom. The van der Waals surface area contributed by atoms with E-state index in [4.69, 9.17) is 0 Å². The zero-order chi connectivity index (χ0) is 15.9. The third kappa shape index (κ3) is 2.56. The van der Waals surface area contributed by atoms with Crippen LogP contribution in [0.4, 0.5) is 0 Å². The number of hydrogen-bond acceptors (Lipinski definition) is 3. The van der Waals surface area contributed by atoms with Gasteiger partial charge in [-0.05, 0) is 31.5 Å². The van der Waals surface area contributed by atoms with Gasteiger partial charge in [-0.3, -0.25) is 0 Å². The second kappa shape index (κ2) is 5.50. The lowest BCUT2D eigenvalue weighted by Crippen LogP contribution is -2.20. The van der Waals surface area contributed by atoms with Crippen LogP contribution >= 0.6 is 0 Å². The van der Waals surface area contributed by atoms with Gasteiger partial charge < -0.3 is 5.11 Å². The van der Waals surface area contributed by atoms with Crippen molar-refractivity contribution in [2.45, 2.75) is 36.9 Å². The number of aryl methyl sites for hydroxylation is 1. The molecule has 0 saturated carbocycles. The number of hydrogen-bond donors (Lipinski definition) is 1. The van der Waals surface area contributed by atoms with Crippen LogP contribution in [0.5, 0.6) is 0 Å². The molecule has 1 aliphatic heterocycles. The van der Waals surface area contributed by atoms with E-state index in [0.29, 0.717) is 0 Å². The average Bonchev–Trinajstić information content (AvgIpc) is 3.25. The molecular weight excluding hydrogens is 298 g/mol. The molecule has 4 nitrogen and oxygen atoms in total. The number of aliphatic hydroxyl groups excluding tert-OH is 1.